The molecule has 5 rings (SSSR count). The summed E-state index contributed by atoms with van der Waals surface area (Å²) in [6.45, 7) is 2.41. The number of hydrogen-bond acceptors (Lipinski definition) is 7. The quantitative estimate of drug-likeness (QED) is 0.342. The van der Waals surface area contributed by atoms with E-state index in [1.165, 1.54) is 4.52 Å². The Bertz CT molecular complexity index is 1690. The van der Waals surface area contributed by atoms with E-state index in [4.69, 9.17) is 9.47 Å². The summed E-state index contributed by atoms with van der Waals surface area (Å²) in [6.07, 6.45) is 2.04. The van der Waals surface area contributed by atoms with Crippen molar-refractivity contribution in [3.8, 4) is 11.5 Å². The second kappa shape index (κ2) is 10.1. The van der Waals surface area contributed by atoms with E-state index in [-0.39, 0.29) is 16.2 Å². The minimum absolute atomic E-state index is 0.236. The smallest absolute Gasteiger partial charge is 0.296 e. The van der Waals surface area contributed by atoms with Gasteiger partial charge >= 0.3 is 0 Å². The molecule has 0 radical (unpaired) electrons. The molecule has 0 aliphatic carbocycles. The molecular weight excluding hydrogens is 474 g/mol. The van der Waals surface area contributed by atoms with Crippen molar-refractivity contribution in [3.05, 3.63) is 126 Å². The van der Waals surface area contributed by atoms with E-state index >= 15 is 0 Å². The van der Waals surface area contributed by atoms with Crippen LogP contribution in [0.15, 0.2) is 82.4 Å². The minimum atomic E-state index is -0.426. The van der Waals surface area contributed by atoms with Gasteiger partial charge in [0.1, 0.15) is 12.3 Å². The summed E-state index contributed by atoms with van der Waals surface area (Å²) in [4.78, 5) is 30.0. The average Bonchev–Trinajstić information content (AvgIpc) is 3.19. The van der Waals surface area contributed by atoms with E-state index in [1.807, 2.05) is 73.7 Å². The Labute approximate surface area is 210 Å². The molecule has 2 aromatic heterocycles. The molecule has 7 nitrogen and oxygen atoms in total. The molecule has 0 spiro atoms. The summed E-state index contributed by atoms with van der Waals surface area (Å²) in [5.41, 5.74) is 3.35. The van der Waals surface area contributed by atoms with Crippen molar-refractivity contribution >= 4 is 22.4 Å². The van der Waals surface area contributed by atoms with Gasteiger partial charge in [-0.3, -0.25) is 9.59 Å². The first-order valence-electron chi connectivity index (χ1n) is 11.3. The van der Waals surface area contributed by atoms with Crippen LogP contribution in [-0.4, -0.2) is 21.7 Å². The van der Waals surface area contributed by atoms with Crippen molar-refractivity contribution in [2.45, 2.75) is 20.0 Å². The van der Waals surface area contributed by atoms with Crippen molar-refractivity contribution in [3.63, 3.8) is 0 Å². The zero-order valence-corrected chi connectivity index (χ0v) is 20.6. The molecule has 36 heavy (non-hydrogen) atoms. The van der Waals surface area contributed by atoms with Gasteiger partial charge in [-0.25, -0.2) is 0 Å². The Morgan fingerprint density at radius 2 is 1.72 bits per heavy atom. The molecule has 0 aliphatic rings. The van der Waals surface area contributed by atoms with Gasteiger partial charge in [-0.15, -0.1) is 0 Å². The monoisotopic (exact) mass is 497 g/mol. The largest absolute Gasteiger partial charge is 0.493 e. The van der Waals surface area contributed by atoms with Gasteiger partial charge in [0.2, 0.25) is 4.96 Å². The van der Waals surface area contributed by atoms with Crippen LogP contribution >= 0.6 is 11.3 Å². The molecule has 0 amide bonds. The molecule has 0 saturated heterocycles. The second-order valence-electron chi connectivity index (χ2n) is 8.32. The maximum atomic E-state index is 13.1. The molecule has 0 aliphatic heterocycles. The van der Waals surface area contributed by atoms with Crippen molar-refractivity contribution in [2.75, 3.05) is 7.11 Å². The minimum Gasteiger partial charge on any atom is -0.493 e. The molecule has 0 bridgehead atoms. The fourth-order valence-corrected chi connectivity index (χ4v) is 4.64. The highest BCUT2D eigenvalue weighted by atomic mass is 32.1. The van der Waals surface area contributed by atoms with Gasteiger partial charge in [0.25, 0.3) is 11.1 Å². The van der Waals surface area contributed by atoms with Gasteiger partial charge in [-0.1, -0.05) is 77.6 Å². The molecule has 8 heteroatoms. The Kier molecular flexibility index (Phi) is 6.60. The molecule has 0 atom stereocenters. The van der Waals surface area contributed by atoms with Crippen LogP contribution in [0.1, 0.15) is 27.9 Å². The lowest BCUT2D eigenvalue weighted by molar-refractivity contribution is 0.284. The number of hydrogen-bond donors (Lipinski definition) is 0. The van der Waals surface area contributed by atoms with Crippen LogP contribution < -0.4 is 25.1 Å². The van der Waals surface area contributed by atoms with Crippen LogP contribution in [0.5, 0.6) is 11.5 Å². The molecule has 180 valence electrons. The van der Waals surface area contributed by atoms with E-state index in [9.17, 15) is 9.59 Å². The molecule has 0 saturated carbocycles. The average molecular weight is 498 g/mol. The predicted octanol–water partition coefficient (Wildman–Crippen LogP) is 3.55. The van der Waals surface area contributed by atoms with Crippen molar-refractivity contribution < 1.29 is 9.47 Å². The summed E-state index contributed by atoms with van der Waals surface area (Å²) in [6, 6.07) is 23.2. The Morgan fingerprint density at radius 3 is 2.47 bits per heavy atom. The van der Waals surface area contributed by atoms with Crippen molar-refractivity contribution in [1.29, 1.82) is 0 Å². The highest BCUT2D eigenvalue weighted by Gasteiger charge is 2.12. The first-order valence-corrected chi connectivity index (χ1v) is 12.2. The fraction of sp³-hybridized carbons (Fsp3) is 0.143. The Balaban J connectivity index is 1.44. The highest BCUT2D eigenvalue weighted by Crippen LogP contribution is 2.29. The number of aryl methyl sites for hydroxylation is 1. The van der Waals surface area contributed by atoms with E-state index < -0.39 is 5.56 Å². The normalized spacial score (nSPS) is 11.7. The zero-order valence-electron chi connectivity index (χ0n) is 19.8. The number of rotatable bonds is 7. The fourth-order valence-electron chi connectivity index (χ4n) is 3.73. The van der Waals surface area contributed by atoms with Crippen LogP contribution in [-0.2, 0) is 13.0 Å². The van der Waals surface area contributed by atoms with Crippen LogP contribution in [0, 0.1) is 6.92 Å². The van der Waals surface area contributed by atoms with Gasteiger partial charge in [-0.05, 0) is 41.8 Å². The predicted molar refractivity (Wildman–Crippen MR) is 140 cm³/mol. The van der Waals surface area contributed by atoms with E-state index in [0.717, 1.165) is 33.6 Å². The summed E-state index contributed by atoms with van der Waals surface area (Å²) in [5, 5.41) is 4.33. The first kappa shape index (κ1) is 23.4. The number of thiazole rings is 1. The maximum Gasteiger partial charge on any atom is 0.296 e. The second-order valence-corrected chi connectivity index (χ2v) is 9.33. The van der Waals surface area contributed by atoms with Gasteiger partial charge in [-0.2, -0.15) is 14.6 Å². The molecule has 2 heterocycles. The Morgan fingerprint density at radius 1 is 0.944 bits per heavy atom. The standard InChI is InChI=1S/C28H23N3O4S/c1-18-8-10-19(11-9-18)14-22-26(32)29-28-31(30-22)27(33)25(36-28)16-21-12-13-23(24(15-21)34-2)35-17-20-6-4-3-5-7-20/h3-13,15-16H,14,17H2,1-2H3/b25-16+. The number of nitrogens with zero attached hydrogens (tertiary/aromatic N) is 3. The summed E-state index contributed by atoms with van der Waals surface area (Å²) in [7, 11) is 1.57. The highest BCUT2D eigenvalue weighted by molar-refractivity contribution is 7.15. The van der Waals surface area contributed by atoms with E-state index in [2.05, 4.69) is 10.1 Å². The molecule has 0 fully saturated rings. The summed E-state index contributed by atoms with van der Waals surface area (Å²) in [5.74, 6) is 1.16. The van der Waals surface area contributed by atoms with Gasteiger partial charge in [0.15, 0.2) is 11.5 Å². The molecule has 0 N–H and O–H groups in total. The van der Waals surface area contributed by atoms with Crippen LogP contribution in [0.3, 0.4) is 0 Å². The van der Waals surface area contributed by atoms with Crippen LogP contribution in [0.25, 0.3) is 11.0 Å². The van der Waals surface area contributed by atoms with E-state index in [1.54, 1.807) is 19.3 Å². The number of aromatic nitrogens is 3. The zero-order chi connectivity index (χ0) is 25.1. The van der Waals surface area contributed by atoms with Gasteiger partial charge in [0, 0.05) is 6.42 Å². The van der Waals surface area contributed by atoms with Gasteiger partial charge in [0.05, 0.1) is 11.6 Å². The Hall–Kier alpha value is -4.30. The number of benzene rings is 3. The third-order valence-electron chi connectivity index (χ3n) is 5.67. The third kappa shape index (κ3) is 5.04. The third-order valence-corrected chi connectivity index (χ3v) is 6.62. The number of methoxy groups -OCH3 is 1. The van der Waals surface area contributed by atoms with Crippen LogP contribution in [0.4, 0.5) is 0 Å². The maximum absolute atomic E-state index is 13.1. The summed E-state index contributed by atoms with van der Waals surface area (Å²) < 4.78 is 13.0. The lowest BCUT2D eigenvalue weighted by atomic mass is 10.1. The van der Waals surface area contributed by atoms with Crippen LogP contribution in [0.2, 0.25) is 0 Å². The molecule has 5 aromatic rings. The van der Waals surface area contributed by atoms with Crippen molar-refractivity contribution in [1.82, 2.24) is 14.6 Å². The lowest BCUT2D eigenvalue weighted by Gasteiger charge is -2.11. The number of ether oxygens (including phenoxy) is 2. The SMILES string of the molecule is COc1cc(/C=c2/sc3nc(=O)c(Cc4ccc(C)cc4)nn3c2=O)ccc1OCc1ccccc1. The topological polar surface area (TPSA) is 82.8 Å². The number of fused-ring (bicyclic) bond motifs is 1. The first-order chi connectivity index (χ1) is 17.5. The molecule has 0 unspecified atom stereocenters. The molecular formula is C28H23N3O4S. The van der Waals surface area contributed by atoms with Gasteiger partial charge < -0.3 is 9.47 Å². The molecule has 3 aromatic carbocycles. The summed E-state index contributed by atoms with van der Waals surface area (Å²) >= 11 is 1.12. The lowest BCUT2D eigenvalue weighted by Crippen LogP contribution is -2.28. The van der Waals surface area contributed by atoms with Crippen molar-refractivity contribution in [2.24, 2.45) is 0 Å². The van der Waals surface area contributed by atoms with E-state index in [0.29, 0.717) is 29.1 Å².